The van der Waals surface area contributed by atoms with Gasteiger partial charge in [-0.3, -0.25) is 14.9 Å². The molecule has 2 N–H and O–H groups in total. The Kier molecular flexibility index (Phi) is 8.19. The van der Waals surface area contributed by atoms with E-state index in [4.69, 9.17) is 21.1 Å². The van der Waals surface area contributed by atoms with Crippen LogP contribution < -0.4 is 25.0 Å². The average molecular weight is 413 g/mol. The van der Waals surface area contributed by atoms with Gasteiger partial charge in [-0.25, -0.2) is 4.79 Å². The van der Waals surface area contributed by atoms with E-state index in [-0.39, 0.29) is 5.91 Å². The number of nitrogens with zero attached hydrogens (tertiary/aromatic N) is 2. The Morgan fingerprint density at radius 2 is 1.75 bits per heavy atom. The van der Waals surface area contributed by atoms with Gasteiger partial charge >= 0.3 is 6.03 Å². The first-order valence-corrected chi connectivity index (χ1v) is 9.30. The molecule has 1 aliphatic rings. The number of carbonyl (C=O) groups excluding carboxylic acids is 3. The van der Waals surface area contributed by atoms with Crippen LogP contribution in [-0.2, 0) is 9.59 Å². The van der Waals surface area contributed by atoms with E-state index in [0.717, 1.165) is 5.69 Å². The zero-order valence-electron chi connectivity index (χ0n) is 16.0. The number of ether oxygens (including phenoxy) is 2. The lowest BCUT2D eigenvalue weighted by Gasteiger charge is -2.36. The van der Waals surface area contributed by atoms with Gasteiger partial charge < -0.3 is 24.6 Å². The Labute approximate surface area is 168 Å². The SMILES string of the molecule is COc1cc(N2CCN(C(=O)CCCNC(=O)NC=O)CC2)cc(OC)c1Cl. The normalized spacial score (nSPS) is 13.7. The molecule has 0 spiro atoms. The summed E-state index contributed by atoms with van der Waals surface area (Å²) in [5.74, 6) is 1.13. The van der Waals surface area contributed by atoms with E-state index in [9.17, 15) is 14.4 Å². The minimum absolute atomic E-state index is 0.0449. The molecule has 0 radical (unpaired) electrons. The van der Waals surface area contributed by atoms with Gasteiger partial charge in [0.15, 0.2) is 0 Å². The summed E-state index contributed by atoms with van der Waals surface area (Å²) >= 11 is 6.21. The number of piperazine rings is 1. The number of amides is 4. The van der Waals surface area contributed by atoms with Gasteiger partial charge in [-0.2, -0.15) is 0 Å². The fourth-order valence-corrected chi connectivity index (χ4v) is 3.22. The zero-order valence-corrected chi connectivity index (χ0v) is 16.8. The lowest BCUT2D eigenvalue weighted by atomic mass is 10.2. The van der Waals surface area contributed by atoms with Crippen LogP contribution in [-0.4, -0.2) is 70.2 Å². The van der Waals surface area contributed by atoms with Crippen LogP contribution in [0.2, 0.25) is 5.02 Å². The Balaban J connectivity index is 1.83. The molecule has 2 rings (SSSR count). The number of carbonyl (C=O) groups is 3. The monoisotopic (exact) mass is 412 g/mol. The minimum Gasteiger partial charge on any atom is -0.495 e. The zero-order chi connectivity index (χ0) is 20.5. The summed E-state index contributed by atoms with van der Waals surface area (Å²) in [5.41, 5.74) is 0.926. The molecule has 9 nitrogen and oxygen atoms in total. The van der Waals surface area contributed by atoms with Crippen LogP contribution in [0.1, 0.15) is 12.8 Å². The van der Waals surface area contributed by atoms with Crippen LogP contribution in [0.5, 0.6) is 11.5 Å². The van der Waals surface area contributed by atoms with Crippen molar-refractivity contribution in [1.82, 2.24) is 15.5 Å². The summed E-state index contributed by atoms with van der Waals surface area (Å²) in [5, 5.41) is 4.91. The van der Waals surface area contributed by atoms with Crippen molar-refractivity contribution in [2.24, 2.45) is 0 Å². The number of anilines is 1. The van der Waals surface area contributed by atoms with E-state index >= 15 is 0 Å². The van der Waals surface area contributed by atoms with Gasteiger partial charge in [0.1, 0.15) is 16.5 Å². The highest BCUT2D eigenvalue weighted by molar-refractivity contribution is 6.33. The predicted molar refractivity (Wildman–Crippen MR) is 105 cm³/mol. The van der Waals surface area contributed by atoms with Crippen molar-refractivity contribution >= 4 is 35.6 Å². The van der Waals surface area contributed by atoms with Crippen LogP contribution in [0.3, 0.4) is 0 Å². The van der Waals surface area contributed by atoms with Gasteiger partial charge in [-0.05, 0) is 6.42 Å². The molecule has 4 amide bonds. The molecule has 1 aromatic carbocycles. The van der Waals surface area contributed by atoms with Gasteiger partial charge in [-0.1, -0.05) is 11.6 Å². The molecule has 0 saturated carbocycles. The standard InChI is InChI=1S/C18H25ClN4O5/c1-27-14-10-13(11-15(28-2)17(14)19)22-6-8-23(9-7-22)16(25)4-3-5-20-18(26)21-12-24/h10-12H,3-9H2,1-2H3,(H2,20,21,24,26). The first kappa shape index (κ1) is 21.6. The molecule has 0 aromatic heterocycles. The predicted octanol–water partition coefficient (Wildman–Crippen LogP) is 1.24. The molecule has 10 heteroatoms. The van der Waals surface area contributed by atoms with Crippen LogP contribution in [0, 0.1) is 0 Å². The molecule has 0 atom stereocenters. The number of hydrogen-bond acceptors (Lipinski definition) is 6. The number of rotatable bonds is 8. The third kappa shape index (κ3) is 5.66. The largest absolute Gasteiger partial charge is 0.495 e. The Morgan fingerprint density at radius 1 is 1.14 bits per heavy atom. The van der Waals surface area contributed by atoms with Crippen molar-refractivity contribution in [2.75, 3.05) is 51.8 Å². The van der Waals surface area contributed by atoms with Crippen molar-refractivity contribution in [3.63, 3.8) is 0 Å². The number of halogens is 1. The molecular formula is C18H25ClN4O5. The van der Waals surface area contributed by atoms with Crippen LogP contribution >= 0.6 is 11.6 Å². The molecule has 0 bridgehead atoms. The molecule has 1 saturated heterocycles. The van der Waals surface area contributed by atoms with Crippen molar-refractivity contribution in [1.29, 1.82) is 0 Å². The maximum absolute atomic E-state index is 12.3. The van der Waals surface area contributed by atoms with E-state index in [1.165, 1.54) is 0 Å². The maximum atomic E-state index is 12.3. The number of benzene rings is 1. The van der Waals surface area contributed by atoms with Crippen molar-refractivity contribution < 1.29 is 23.9 Å². The summed E-state index contributed by atoms with van der Waals surface area (Å²) in [6, 6.07) is 3.15. The first-order valence-electron chi connectivity index (χ1n) is 8.92. The lowest BCUT2D eigenvalue weighted by molar-refractivity contribution is -0.131. The number of imide groups is 1. The van der Waals surface area contributed by atoms with E-state index in [2.05, 4.69) is 10.2 Å². The van der Waals surface area contributed by atoms with Gasteiger partial charge in [0.25, 0.3) is 0 Å². The highest BCUT2D eigenvalue weighted by Gasteiger charge is 2.22. The quantitative estimate of drug-likeness (QED) is 0.492. The maximum Gasteiger partial charge on any atom is 0.321 e. The Hall–Kier alpha value is -2.68. The smallest absolute Gasteiger partial charge is 0.321 e. The third-order valence-corrected chi connectivity index (χ3v) is 4.84. The highest BCUT2D eigenvalue weighted by atomic mass is 35.5. The second kappa shape index (κ2) is 10.6. The Morgan fingerprint density at radius 3 is 2.29 bits per heavy atom. The molecule has 1 aromatic rings. The minimum atomic E-state index is -0.565. The summed E-state index contributed by atoms with van der Waals surface area (Å²) < 4.78 is 10.6. The number of nitrogens with one attached hydrogen (secondary N) is 2. The van der Waals surface area contributed by atoms with Gasteiger partial charge in [0.2, 0.25) is 12.3 Å². The summed E-state index contributed by atoms with van der Waals surface area (Å²) in [7, 11) is 3.11. The molecule has 0 aliphatic carbocycles. The summed E-state index contributed by atoms with van der Waals surface area (Å²) in [6.45, 7) is 2.89. The fourth-order valence-electron chi connectivity index (χ4n) is 2.96. The van der Waals surface area contributed by atoms with Crippen molar-refractivity contribution in [3.05, 3.63) is 17.2 Å². The molecular weight excluding hydrogens is 388 g/mol. The van der Waals surface area contributed by atoms with E-state index in [1.54, 1.807) is 14.2 Å². The van der Waals surface area contributed by atoms with Crippen LogP contribution in [0.4, 0.5) is 10.5 Å². The van der Waals surface area contributed by atoms with Crippen LogP contribution in [0.25, 0.3) is 0 Å². The van der Waals surface area contributed by atoms with Gasteiger partial charge in [0.05, 0.1) is 14.2 Å². The molecule has 1 heterocycles. The molecule has 154 valence electrons. The second-order valence-corrected chi connectivity index (χ2v) is 6.53. The van der Waals surface area contributed by atoms with Crippen molar-refractivity contribution in [2.45, 2.75) is 12.8 Å². The van der Waals surface area contributed by atoms with Crippen molar-refractivity contribution in [3.8, 4) is 11.5 Å². The summed E-state index contributed by atoms with van der Waals surface area (Å²) in [4.78, 5) is 37.5. The van der Waals surface area contributed by atoms with E-state index < -0.39 is 6.03 Å². The Bertz CT molecular complexity index is 682. The average Bonchev–Trinajstić information content (AvgIpc) is 2.71. The van der Waals surface area contributed by atoms with Crippen LogP contribution in [0.15, 0.2) is 12.1 Å². The topological polar surface area (TPSA) is 100 Å². The van der Waals surface area contributed by atoms with Gasteiger partial charge in [-0.15, -0.1) is 0 Å². The van der Waals surface area contributed by atoms with E-state index in [0.29, 0.717) is 68.5 Å². The highest BCUT2D eigenvalue weighted by Crippen LogP contribution is 2.38. The molecule has 28 heavy (non-hydrogen) atoms. The number of urea groups is 1. The first-order chi connectivity index (χ1) is 13.5. The van der Waals surface area contributed by atoms with Gasteiger partial charge in [0, 0.05) is 57.0 Å². The second-order valence-electron chi connectivity index (χ2n) is 6.15. The summed E-state index contributed by atoms with van der Waals surface area (Å²) in [6.07, 6.45) is 1.16. The fraction of sp³-hybridized carbons (Fsp3) is 0.500. The number of methoxy groups -OCH3 is 2. The molecule has 1 aliphatic heterocycles. The lowest BCUT2D eigenvalue weighted by Crippen LogP contribution is -2.48. The third-order valence-electron chi connectivity index (χ3n) is 4.47. The molecule has 1 fully saturated rings. The number of hydrogen-bond donors (Lipinski definition) is 2. The molecule has 0 unspecified atom stereocenters. The van der Waals surface area contributed by atoms with E-state index in [1.807, 2.05) is 22.3 Å².